The molecule has 0 bridgehead atoms. The average Bonchev–Trinajstić information content (AvgIpc) is 2.98. The molecule has 1 N–H and O–H groups in total. The predicted molar refractivity (Wildman–Crippen MR) is 89.2 cm³/mol. The number of amides is 1. The molecule has 0 aliphatic heterocycles. The normalized spacial score (nSPS) is 11.4. The van der Waals surface area contributed by atoms with Crippen molar-refractivity contribution in [2.75, 3.05) is 33.1 Å². The number of aryl methyl sites for hydroxylation is 1. The highest BCUT2D eigenvalue weighted by Crippen LogP contribution is 2.28. The lowest BCUT2D eigenvalue weighted by Gasteiger charge is -2.15. The Morgan fingerprint density at radius 2 is 2.04 bits per heavy atom. The number of methoxy groups -OCH3 is 1. The number of aromatic nitrogens is 1. The molecule has 136 valence electrons. The summed E-state index contributed by atoms with van der Waals surface area (Å²) in [4.78, 5) is 12.1. The number of ether oxygens (including phenoxy) is 2. The van der Waals surface area contributed by atoms with Crippen LogP contribution in [0.4, 0.5) is 5.69 Å². The zero-order chi connectivity index (χ0) is 18.6. The van der Waals surface area contributed by atoms with Crippen molar-refractivity contribution in [1.29, 1.82) is 0 Å². The maximum atomic E-state index is 12.2. The molecule has 0 saturated heterocycles. The molecule has 25 heavy (non-hydrogen) atoms. The van der Waals surface area contributed by atoms with Gasteiger partial charge in [0, 0.05) is 20.2 Å². The molecule has 1 aromatic heterocycles. The summed E-state index contributed by atoms with van der Waals surface area (Å²) in [5.41, 5.74) is 0.218. The van der Waals surface area contributed by atoms with Gasteiger partial charge in [-0.1, -0.05) is 0 Å². The summed E-state index contributed by atoms with van der Waals surface area (Å²) in [6.07, 6.45) is 0. The molecule has 1 aromatic carbocycles. The average molecular weight is 369 g/mol. The molecule has 0 spiro atoms. The number of nitrogens with one attached hydrogen (secondary N) is 1. The van der Waals surface area contributed by atoms with E-state index in [-0.39, 0.29) is 23.1 Å². The molecule has 9 nitrogen and oxygen atoms in total. The molecule has 0 unspecified atom stereocenters. The molecule has 1 amide bonds. The van der Waals surface area contributed by atoms with E-state index in [1.54, 1.807) is 6.92 Å². The van der Waals surface area contributed by atoms with Gasteiger partial charge in [0.05, 0.1) is 17.7 Å². The molecule has 2 rings (SSSR count). The van der Waals surface area contributed by atoms with Crippen LogP contribution < -0.4 is 14.8 Å². The summed E-state index contributed by atoms with van der Waals surface area (Å²) in [6.45, 7) is 1.38. The first-order valence-electron chi connectivity index (χ1n) is 7.20. The lowest BCUT2D eigenvalue weighted by molar-refractivity contribution is -0.118. The van der Waals surface area contributed by atoms with Gasteiger partial charge in [-0.05, 0) is 30.3 Å². The minimum atomic E-state index is -3.64. The first kappa shape index (κ1) is 18.7. The summed E-state index contributed by atoms with van der Waals surface area (Å²) < 4.78 is 40.7. The van der Waals surface area contributed by atoms with E-state index >= 15 is 0 Å². The Balaban J connectivity index is 2.15. The zero-order valence-electron chi connectivity index (χ0n) is 14.3. The van der Waals surface area contributed by atoms with E-state index in [4.69, 9.17) is 14.0 Å². The van der Waals surface area contributed by atoms with Crippen LogP contribution in [0.2, 0.25) is 0 Å². The molecule has 1 heterocycles. The monoisotopic (exact) mass is 369 g/mol. The molecule has 0 aliphatic rings. The van der Waals surface area contributed by atoms with E-state index in [9.17, 15) is 13.2 Å². The highest BCUT2D eigenvalue weighted by Gasteiger charge is 2.20. The maximum Gasteiger partial charge on any atom is 0.262 e. The standard InChI is InChI=1S/C15H19N3O6S/c1-10-7-15(17-24-10)23-9-14(19)16-12-8-11(5-6-13(12)22-4)25(20,21)18(2)3/h5-8H,9H2,1-4H3,(H,16,19). The summed E-state index contributed by atoms with van der Waals surface area (Å²) in [5, 5.41) is 6.17. The second kappa shape index (κ2) is 7.53. The van der Waals surface area contributed by atoms with Gasteiger partial charge < -0.3 is 19.3 Å². The van der Waals surface area contributed by atoms with Gasteiger partial charge in [-0.2, -0.15) is 0 Å². The van der Waals surface area contributed by atoms with Gasteiger partial charge in [-0.25, -0.2) is 12.7 Å². The second-order valence-corrected chi connectivity index (χ2v) is 7.41. The van der Waals surface area contributed by atoms with Gasteiger partial charge in [0.25, 0.3) is 11.8 Å². The smallest absolute Gasteiger partial charge is 0.262 e. The molecule has 0 fully saturated rings. The Morgan fingerprint density at radius 3 is 2.60 bits per heavy atom. The van der Waals surface area contributed by atoms with Gasteiger partial charge in [0.2, 0.25) is 10.0 Å². The lowest BCUT2D eigenvalue weighted by Crippen LogP contribution is -2.23. The van der Waals surface area contributed by atoms with E-state index in [1.807, 2.05) is 0 Å². The molecule has 0 aliphatic carbocycles. The van der Waals surface area contributed by atoms with E-state index < -0.39 is 15.9 Å². The Labute approximate surface area is 145 Å². The number of benzene rings is 1. The van der Waals surface area contributed by atoms with Crippen molar-refractivity contribution in [1.82, 2.24) is 9.46 Å². The van der Waals surface area contributed by atoms with Gasteiger partial charge in [0.1, 0.15) is 11.5 Å². The second-order valence-electron chi connectivity index (χ2n) is 5.26. The number of nitrogens with zero attached hydrogens (tertiary/aromatic N) is 2. The van der Waals surface area contributed by atoms with Crippen LogP contribution in [0.15, 0.2) is 33.7 Å². The fourth-order valence-corrected chi connectivity index (χ4v) is 2.82. The number of anilines is 1. The first-order valence-corrected chi connectivity index (χ1v) is 8.64. The van der Waals surface area contributed by atoms with Crippen LogP contribution in [0.25, 0.3) is 0 Å². The summed E-state index contributed by atoms with van der Waals surface area (Å²) in [5.74, 6) is 0.559. The Kier molecular flexibility index (Phi) is 5.65. The molecule has 10 heteroatoms. The third kappa shape index (κ3) is 4.48. The van der Waals surface area contributed by atoms with Crippen molar-refractivity contribution in [3.8, 4) is 11.6 Å². The van der Waals surface area contributed by atoms with Gasteiger partial charge in [-0.3, -0.25) is 4.79 Å². The third-order valence-corrected chi connectivity index (χ3v) is 4.99. The molecule has 0 radical (unpaired) electrons. The SMILES string of the molecule is COc1ccc(S(=O)(=O)N(C)C)cc1NC(=O)COc1cc(C)on1. The van der Waals surface area contributed by atoms with Crippen LogP contribution in [0, 0.1) is 6.92 Å². The Bertz CT molecular complexity index is 860. The largest absolute Gasteiger partial charge is 0.495 e. The minimum absolute atomic E-state index is 0.0293. The van der Waals surface area contributed by atoms with E-state index in [0.29, 0.717) is 11.5 Å². The number of rotatable bonds is 7. The fourth-order valence-electron chi connectivity index (χ4n) is 1.89. The van der Waals surface area contributed by atoms with Crippen LogP contribution in [-0.4, -0.2) is 51.6 Å². The fraction of sp³-hybridized carbons (Fsp3) is 0.333. The highest BCUT2D eigenvalue weighted by molar-refractivity contribution is 7.89. The van der Waals surface area contributed by atoms with Crippen molar-refractivity contribution < 1.29 is 27.2 Å². The van der Waals surface area contributed by atoms with Gasteiger partial charge in [0.15, 0.2) is 6.61 Å². The van der Waals surface area contributed by atoms with Crippen LogP contribution in [0.5, 0.6) is 11.6 Å². The number of sulfonamides is 1. The number of hydrogen-bond acceptors (Lipinski definition) is 7. The number of carbonyl (C=O) groups excluding carboxylic acids is 1. The lowest BCUT2D eigenvalue weighted by atomic mass is 10.3. The van der Waals surface area contributed by atoms with Crippen molar-refractivity contribution >= 4 is 21.6 Å². The van der Waals surface area contributed by atoms with Crippen LogP contribution in [0.1, 0.15) is 5.76 Å². The van der Waals surface area contributed by atoms with Crippen LogP contribution >= 0.6 is 0 Å². The quantitative estimate of drug-likeness (QED) is 0.782. The van der Waals surface area contributed by atoms with E-state index in [1.165, 1.54) is 45.5 Å². The molecule has 0 saturated carbocycles. The van der Waals surface area contributed by atoms with Crippen molar-refractivity contribution in [2.45, 2.75) is 11.8 Å². The summed E-state index contributed by atoms with van der Waals surface area (Å²) >= 11 is 0. The van der Waals surface area contributed by atoms with E-state index in [2.05, 4.69) is 10.5 Å². The number of carbonyl (C=O) groups is 1. The first-order chi connectivity index (χ1) is 11.7. The summed E-state index contributed by atoms with van der Waals surface area (Å²) in [6, 6.07) is 5.73. The maximum absolute atomic E-state index is 12.2. The van der Waals surface area contributed by atoms with E-state index in [0.717, 1.165) is 4.31 Å². The third-order valence-electron chi connectivity index (χ3n) is 3.18. The molecular weight excluding hydrogens is 350 g/mol. The van der Waals surface area contributed by atoms with Crippen molar-refractivity contribution in [2.24, 2.45) is 0 Å². The molecule has 2 aromatic rings. The van der Waals surface area contributed by atoms with Crippen molar-refractivity contribution in [3.63, 3.8) is 0 Å². The Hall–Kier alpha value is -2.59. The van der Waals surface area contributed by atoms with Crippen LogP contribution in [0.3, 0.4) is 0 Å². The van der Waals surface area contributed by atoms with Crippen molar-refractivity contribution in [3.05, 3.63) is 30.0 Å². The van der Waals surface area contributed by atoms with Crippen LogP contribution in [-0.2, 0) is 14.8 Å². The Morgan fingerprint density at radius 1 is 1.32 bits per heavy atom. The van der Waals surface area contributed by atoms with Gasteiger partial charge in [-0.15, -0.1) is 0 Å². The molecule has 0 atom stereocenters. The topological polar surface area (TPSA) is 111 Å². The predicted octanol–water partition coefficient (Wildman–Crippen LogP) is 1.26. The zero-order valence-corrected chi connectivity index (χ0v) is 15.1. The number of hydrogen-bond donors (Lipinski definition) is 1. The minimum Gasteiger partial charge on any atom is -0.495 e. The highest BCUT2D eigenvalue weighted by atomic mass is 32.2. The summed E-state index contributed by atoms with van der Waals surface area (Å²) in [7, 11) is 0.621. The van der Waals surface area contributed by atoms with Gasteiger partial charge >= 0.3 is 0 Å². The molecular formula is C15H19N3O6S.